The molecule has 1 aliphatic carbocycles. The fourth-order valence-corrected chi connectivity index (χ4v) is 6.15. The molecule has 36 heavy (non-hydrogen) atoms. The zero-order valence-electron chi connectivity index (χ0n) is 21.8. The number of imidazole rings is 1. The smallest absolute Gasteiger partial charge is 0.295 e. The number of aromatic amines is 1. The average molecular weight is 488 g/mol. The molecule has 0 spiro atoms. The monoisotopic (exact) mass is 487 g/mol. The van der Waals surface area contributed by atoms with Gasteiger partial charge in [-0.1, -0.05) is 64.8 Å². The predicted molar refractivity (Wildman–Crippen MR) is 142 cm³/mol. The molecule has 8 nitrogen and oxygen atoms in total. The van der Waals surface area contributed by atoms with Gasteiger partial charge in [0.05, 0.1) is 0 Å². The van der Waals surface area contributed by atoms with Gasteiger partial charge in [0.1, 0.15) is 0 Å². The van der Waals surface area contributed by atoms with Gasteiger partial charge in [-0.25, -0.2) is 4.79 Å². The molecule has 0 saturated heterocycles. The largest absolute Gasteiger partial charge is 0.328 e. The van der Waals surface area contributed by atoms with Crippen molar-refractivity contribution in [1.29, 1.82) is 0 Å². The summed E-state index contributed by atoms with van der Waals surface area (Å²) in [6, 6.07) is 8.57. The molecular formula is C28H37N7O. The number of H-pyrrole nitrogens is 1. The first-order valence-electron chi connectivity index (χ1n) is 13.3. The summed E-state index contributed by atoms with van der Waals surface area (Å²) in [5.41, 5.74) is 2.89. The summed E-state index contributed by atoms with van der Waals surface area (Å²) in [5.74, 6) is 2.29. The highest BCUT2D eigenvalue weighted by molar-refractivity contribution is 5.65. The van der Waals surface area contributed by atoms with Gasteiger partial charge in [-0.05, 0) is 53.9 Å². The lowest BCUT2D eigenvalue weighted by Crippen LogP contribution is -2.37. The van der Waals surface area contributed by atoms with Crippen molar-refractivity contribution in [2.24, 2.45) is 22.7 Å². The third-order valence-electron chi connectivity index (χ3n) is 8.14. The number of aryl methyl sites for hydroxylation is 1. The van der Waals surface area contributed by atoms with E-state index in [0.29, 0.717) is 36.2 Å². The Hall–Kier alpha value is -3.29. The molecule has 4 unspecified atom stereocenters. The Kier molecular flexibility index (Phi) is 6.77. The van der Waals surface area contributed by atoms with Gasteiger partial charge in [-0.2, -0.15) is 5.21 Å². The van der Waals surface area contributed by atoms with Crippen LogP contribution in [0.3, 0.4) is 0 Å². The molecule has 1 N–H and O–H groups in total. The van der Waals surface area contributed by atoms with Gasteiger partial charge in [-0.15, -0.1) is 10.2 Å². The first kappa shape index (κ1) is 24.4. The van der Waals surface area contributed by atoms with Crippen molar-refractivity contribution < 1.29 is 0 Å². The van der Waals surface area contributed by atoms with Crippen LogP contribution in [0.5, 0.6) is 0 Å². The van der Waals surface area contributed by atoms with Crippen molar-refractivity contribution in [3.05, 3.63) is 64.5 Å². The van der Waals surface area contributed by atoms with Crippen molar-refractivity contribution in [2.45, 2.75) is 77.8 Å². The number of unbranched alkanes of at least 4 members (excludes halogenated alkanes) is 1. The fraction of sp³-hybridized carbons (Fsp3) is 0.536. The number of hydrogen-bond donors (Lipinski definition) is 1. The first-order valence-corrected chi connectivity index (χ1v) is 13.3. The van der Waals surface area contributed by atoms with E-state index in [9.17, 15) is 4.79 Å². The minimum atomic E-state index is -0.385. The van der Waals surface area contributed by atoms with E-state index in [1.54, 1.807) is 0 Å². The molecule has 8 heteroatoms. The minimum absolute atomic E-state index is 0.123. The molecular weight excluding hydrogens is 450 g/mol. The normalized spacial score (nSPS) is 25.1. The fourth-order valence-electron chi connectivity index (χ4n) is 6.15. The maximum Gasteiger partial charge on any atom is 0.328 e. The Bertz CT molecular complexity index is 1300. The number of nitrogens with one attached hydrogen (secondary N) is 1. The van der Waals surface area contributed by atoms with Crippen LogP contribution >= 0.6 is 0 Å². The van der Waals surface area contributed by atoms with E-state index in [0.717, 1.165) is 48.9 Å². The van der Waals surface area contributed by atoms with Gasteiger partial charge >= 0.3 is 5.69 Å². The van der Waals surface area contributed by atoms with E-state index in [1.807, 2.05) is 29.1 Å². The van der Waals surface area contributed by atoms with Crippen LogP contribution in [-0.2, 0) is 18.4 Å². The molecule has 0 bridgehead atoms. The Labute approximate surface area is 212 Å². The third kappa shape index (κ3) is 4.38. The van der Waals surface area contributed by atoms with Crippen LogP contribution in [0.4, 0.5) is 0 Å². The molecule has 4 atom stereocenters. The molecule has 1 saturated carbocycles. The van der Waals surface area contributed by atoms with Crippen molar-refractivity contribution in [3.8, 4) is 11.4 Å². The Balaban J connectivity index is 1.56. The molecule has 1 aliphatic heterocycles. The van der Waals surface area contributed by atoms with E-state index in [2.05, 4.69) is 82.3 Å². The van der Waals surface area contributed by atoms with Gasteiger partial charge in [0.2, 0.25) is 5.82 Å². The van der Waals surface area contributed by atoms with Gasteiger partial charge in [0.25, 0.3) is 0 Å². The molecule has 1 fully saturated rings. The maximum atomic E-state index is 14.0. The van der Waals surface area contributed by atoms with E-state index < -0.39 is 0 Å². The van der Waals surface area contributed by atoms with E-state index in [1.165, 1.54) is 0 Å². The van der Waals surface area contributed by atoms with E-state index >= 15 is 0 Å². The molecule has 190 valence electrons. The molecule has 2 aromatic heterocycles. The van der Waals surface area contributed by atoms with Crippen LogP contribution < -0.4 is 5.69 Å². The number of benzene rings is 1. The summed E-state index contributed by atoms with van der Waals surface area (Å²) in [6.45, 7) is 9.59. The van der Waals surface area contributed by atoms with Crippen LogP contribution in [0, 0.1) is 17.8 Å². The number of hydrogen-bond acceptors (Lipinski definition) is 5. The highest BCUT2D eigenvalue weighted by Crippen LogP contribution is 2.56. The molecule has 1 aromatic carbocycles. The van der Waals surface area contributed by atoms with Gasteiger partial charge in [-0.3, -0.25) is 14.1 Å². The summed E-state index contributed by atoms with van der Waals surface area (Å²) in [4.78, 5) is 18.4. The maximum absolute atomic E-state index is 14.0. The SMILES string of the molecule is CCCCc1cn(C2C(CC)C2C(C)C)c(=O)n1CC1(c2cccc(-c3nn[nH]n3)c2)C=CN=CC1. The molecule has 3 heterocycles. The number of allylic oxidation sites excluding steroid dienone is 1. The molecule has 0 amide bonds. The van der Waals surface area contributed by atoms with Gasteiger partial charge < -0.3 is 0 Å². The summed E-state index contributed by atoms with van der Waals surface area (Å²) < 4.78 is 4.11. The standard InChI is InChI=1S/C28H37N7O/c1-5-7-11-22-17-34(25-23(6-2)24(25)19(3)4)27(36)35(22)18-28(12-14-29-15-13-28)21-10-8-9-20(16-21)26-30-32-33-31-26/h8-10,12,14-17,19,23-25H,5-7,11,13,18H2,1-4H3,(H,30,31,32,33). The number of rotatable bonds is 10. The van der Waals surface area contributed by atoms with Crippen LogP contribution in [0.1, 0.15) is 70.7 Å². The molecule has 2 aliphatic rings. The highest BCUT2D eigenvalue weighted by atomic mass is 16.1. The lowest BCUT2D eigenvalue weighted by Gasteiger charge is -2.32. The molecule has 0 radical (unpaired) electrons. The van der Waals surface area contributed by atoms with Gasteiger partial charge in [0.15, 0.2) is 0 Å². The Morgan fingerprint density at radius 2 is 2.11 bits per heavy atom. The van der Waals surface area contributed by atoms with Crippen molar-refractivity contribution in [1.82, 2.24) is 29.8 Å². The summed E-state index contributed by atoms with van der Waals surface area (Å²) >= 11 is 0. The highest BCUT2D eigenvalue weighted by Gasteiger charge is 2.52. The summed E-state index contributed by atoms with van der Waals surface area (Å²) in [7, 11) is 0. The second kappa shape index (κ2) is 9.99. The summed E-state index contributed by atoms with van der Waals surface area (Å²) in [6.07, 6.45) is 13.0. The van der Waals surface area contributed by atoms with Crippen molar-refractivity contribution >= 4 is 6.21 Å². The van der Waals surface area contributed by atoms with Crippen molar-refractivity contribution in [2.75, 3.05) is 0 Å². The van der Waals surface area contributed by atoms with Gasteiger partial charge in [0, 0.05) is 47.9 Å². The predicted octanol–water partition coefficient (Wildman–Crippen LogP) is 4.95. The molecule has 5 rings (SSSR count). The number of nitrogens with zero attached hydrogens (tertiary/aromatic N) is 6. The quantitative estimate of drug-likeness (QED) is 0.438. The third-order valence-corrected chi connectivity index (χ3v) is 8.14. The first-order chi connectivity index (χ1) is 17.5. The van der Waals surface area contributed by atoms with E-state index in [4.69, 9.17) is 0 Å². The van der Waals surface area contributed by atoms with Crippen LogP contribution in [0.2, 0.25) is 0 Å². The van der Waals surface area contributed by atoms with Crippen LogP contribution in [-0.4, -0.2) is 36.0 Å². The molecule has 3 aromatic rings. The zero-order chi connectivity index (χ0) is 25.3. The zero-order valence-corrected chi connectivity index (χ0v) is 21.8. The second-order valence-electron chi connectivity index (χ2n) is 10.7. The topological polar surface area (TPSA) is 93.8 Å². The summed E-state index contributed by atoms with van der Waals surface area (Å²) in [5, 5.41) is 14.6. The van der Waals surface area contributed by atoms with E-state index in [-0.39, 0.29) is 11.1 Å². The van der Waals surface area contributed by atoms with Crippen LogP contribution in [0.25, 0.3) is 11.4 Å². The number of tetrazole rings is 1. The number of aromatic nitrogens is 6. The minimum Gasteiger partial charge on any atom is -0.295 e. The number of aliphatic imine (C=N–C) groups is 1. The lowest BCUT2D eigenvalue weighted by atomic mass is 9.76. The van der Waals surface area contributed by atoms with Crippen molar-refractivity contribution in [3.63, 3.8) is 0 Å². The van der Waals surface area contributed by atoms with Crippen LogP contribution in [0.15, 0.2) is 52.5 Å². The second-order valence-corrected chi connectivity index (χ2v) is 10.7. The lowest BCUT2D eigenvalue weighted by molar-refractivity contribution is 0.431. The Morgan fingerprint density at radius 3 is 2.75 bits per heavy atom. The Morgan fingerprint density at radius 1 is 1.25 bits per heavy atom. The average Bonchev–Trinajstić information content (AvgIpc) is 3.21.